The van der Waals surface area contributed by atoms with E-state index in [0.717, 1.165) is 54.4 Å². The Morgan fingerprint density at radius 2 is 1.90 bits per heavy atom. The predicted molar refractivity (Wildman–Crippen MR) is 107 cm³/mol. The number of nitrogens with one attached hydrogen (secondary N) is 1. The van der Waals surface area contributed by atoms with Crippen LogP contribution in [0.15, 0.2) is 47.4 Å². The third kappa shape index (κ3) is 3.71. The first kappa shape index (κ1) is 20.5. The summed E-state index contributed by atoms with van der Waals surface area (Å²) in [5, 5.41) is 16.3. The lowest BCUT2D eigenvalue weighted by atomic mass is 9.65. The SMILES string of the molecule is NS(=O)(=O)c1ccc(F)c(C(=O)Nc2nnc(C3(c4cccc(F)c4)CCC3)s2)c1. The van der Waals surface area contributed by atoms with Gasteiger partial charge in [0, 0.05) is 5.41 Å². The Bertz CT molecular complexity index is 1240. The number of aromatic nitrogens is 2. The molecule has 1 aliphatic rings. The molecule has 1 aliphatic carbocycles. The van der Waals surface area contributed by atoms with Crippen molar-refractivity contribution in [3.8, 4) is 0 Å². The highest BCUT2D eigenvalue weighted by atomic mass is 32.2. The Kier molecular flexibility index (Phi) is 5.12. The van der Waals surface area contributed by atoms with Crippen molar-refractivity contribution < 1.29 is 22.0 Å². The minimum Gasteiger partial charge on any atom is -0.296 e. The van der Waals surface area contributed by atoms with Gasteiger partial charge in [0.2, 0.25) is 15.2 Å². The Morgan fingerprint density at radius 1 is 1.13 bits per heavy atom. The standard InChI is InChI=1S/C19H16F2N4O3S2/c20-12-4-1-3-11(9-12)19(7-2-8-19)17-24-25-18(29-17)23-16(26)14-10-13(30(22,27)28)5-6-15(14)21/h1,3-6,9-10H,2,7-8H2,(H2,22,27,28)(H,23,25,26). The molecule has 1 saturated carbocycles. The number of primary sulfonamides is 1. The fraction of sp³-hybridized carbons (Fsp3) is 0.211. The smallest absolute Gasteiger partial charge is 0.260 e. The maximum absolute atomic E-state index is 14.1. The van der Waals surface area contributed by atoms with Gasteiger partial charge in [0.15, 0.2) is 0 Å². The van der Waals surface area contributed by atoms with Crippen LogP contribution in [0.25, 0.3) is 0 Å². The highest BCUT2D eigenvalue weighted by Crippen LogP contribution is 2.50. The summed E-state index contributed by atoms with van der Waals surface area (Å²) in [5.41, 5.74) is -0.168. The van der Waals surface area contributed by atoms with E-state index in [1.54, 1.807) is 6.07 Å². The van der Waals surface area contributed by atoms with E-state index in [2.05, 4.69) is 15.5 Å². The molecule has 0 radical (unpaired) electrons. The maximum atomic E-state index is 14.1. The zero-order chi connectivity index (χ0) is 21.5. The molecule has 1 fully saturated rings. The van der Waals surface area contributed by atoms with Crippen LogP contribution >= 0.6 is 11.3 Å². The van der Waals surface area contributed by atoms with Gasteiger partial charge in [-0.2, -0.15) is 0 Å². The van der Waals surface area contributed by atoms with Gasteiger partial charge < -0.3 is 0 Å². The van der Waals surface area contributed by atoms with Crippen LogP contribution < -0.4 is 10.5 Å². The Hall–Kier alpha value is -2.76. The summed E-state index contributed by atoms with van der Waals surface area (Å²) in [4.78, 5) is 12.1. The summed E-state index contributed by atoms with van der Waals surface area (Å²) < 4.78 is 50.7. The molecule has 11 heteroatoms. The van der Waals surface area contributed by atoms with Crippen LogP contribution in [0.4, 0.5) is 13.9 Å². The van der Waals surface area contributed by atoms with Crippen molar-refractivity contribution in [2.24, 2.45) is 5.14 Å². The second-order valence-electron chi connectivity index (χ2n) is 7.00. The van der Waals surface area contributed by atoms with Crippen molar-refractivity contribution in [3.63, 3.8) is 0 Å². The van der Waals surface area contributed by atoms with Crippen LogP contribution in [-0.2, 0) is 15.4 Å². The lowest BCUT2D eigenvalue weighted by Crippen LogP contribution is -2.35. The van der Waals surface area contributed by atoms with Gasteiger partial charge in [0.05, 0.1) is 10.5 Å². The average molecular weight is 450 g/mol. The van der Waals surface area contributed by atoms with Crippen molar-refractivity contribution in [1.82, 2.24) is 10.2 Å². The number of halogens is 2. The number of benzene rings is 2. The first-order chi connectivity index (χ1) is 14.2. The number of carbonyl (C=O) groups excluding carboxylic acids is 1. The third-order valence-electron chi connectivity index (χ3n) is 5.15. The zero-order valence-electron chi connectivity index (χ0n) is 15.4. The second-order valence-corrected chi connectivity index (χ2v) is 9.54. The molecular weight excluding hydrogens is 434 g/mol. The van der Waals surface area contributed by atoms with E-state index in [1.165, 1.54) is 12.1 Å². The molecule has 7 nitrogen and oxygen atoms in total. The lowest BCUT2D eigenvalue weighted by Gasteiger charge is -2.40. The molecule has 156 valence electrons. The molecule has 0 atom stereocenters. The van der Waals surface area contributed by atoms with E-state index < -0.39 is 32.7 Å². The molecule has 3 aromatic rings. The lowest BCUT2D eigenvalue weighted by molar-refractivity contribution is 0.102. The summed E-state index contributed by atoms with van der Waals surface area (Å²) >= 11 is 1.11. The minimum atomic E-state index is -4.10. The summed E-state index contributed by atoms with van der Waals surface area (Å²) in [5.74, 6) is -2.13. The van der Waals surface area contributed by atoms with E-state index in [0.29, 0.717) is 5.01 Å². The summed E-state index contributed by atoms with van der Waals surface area (Å²) in [6.45, 7) is 0. The predicted octanol–water partition coefficient (Wildman–Crippen LogP) is 3.19. The van der Waals surface area contributed by atoms with E-state index in [4.69, 9.17) is 5.14 Å². The number of nitrogens with two attached hydrogens (primary N) is 1. The Balaban J connectivity index is 1.60. The van der Waals surface area contributed by atoms with Crippen LogP contribution in [0, 0.1) is 11.6 Å². The number of anilines is 1. The van der Waals surface area contributed by atoms with Crippen molar-refractivity contribution in [2.45, 2.75) is 29.6 Å². The highest BCUT2D eigenvalue weighted by Gasteiger charge is 2.43. The average Bonchev–Trinajstić information content (AvgIpc) is 3.08. The van der Waals surface area contributed by atoms with E-state index in [1.807, 2.05) is 6.07 Å². The fourth-order valence-corrected chi connectivity index (χ4v) is 4.98. The Morgan fingerprint density at radius 3 is 2.53 bits per heavy atom. The third-order valence-corrected chi connectivity index (χ3v) is 7.10. The maximum Gasteiger partial charge on any atom is 0.260 e. The monoisotopic (exact) mass is 450 g/mol. The zero-order valence-corrected chi connectivity index (χ0v) is 17.1. The molecule has 2 aromatic carbocycles. The van der Waals surface area contributed by atoms with E-state index in [-0.39, 0.29) is 15.8 Å². The normalized spacial score (nSPS) is 15.4. The Labute approximate surface area is 175 Å². The van der Waals surface area contributed by atoms with Crippen LogP contribution in [0.2, 0.25) is 0 Å². The number of nitrogens with zero attached hydrogens (tertiary/aromatic N) is 2. The van der Waals surface area contributed by atoms with E-state index in [9.17, 15) is 22.0 Å². The molecule has 0 unspecified atom stereocenters. The van der Waals surface area contributed by atoms with Crippen molar-refractivity contribution in [1.29, 1.82) is 0 Å². The van der Waals surface area contributed by atoms with Gasteiger partial charge in [-0.05, 0) is 48.7 Å². The molecule has 3 N–H and O–H groups in total. The molecule has 1 heterocycles. The molecule has 1 amide bonds. The second kappa shape index (κ2) is 7.49. The molecule has 1 aromatic heterocycles. The van der Waals surface area contributed by atoms with Gasteiger partial charge in [-0.25, -0.2) is 22.3 Å². The van der Waals surface area contributed by atoms with Crippen LogP contribution in [0.5, 0.6) is 0 Å². The largest absolute Gasteiger partial charge is 0.296 e. The summed E-state index contributed by atoms with van der Waals surface area (Å²) in [6.07, 6.45) is 2.48. The molecule has 0 aliphatic heterocycles. The molecular formula is C19H16F2N4O3S2. The van der Waals surface area contributed by atoms with Gasteiger partial charge >= 0.3 is 0 Å². The molecule has 0 spiro atoms. The number of rotatable bonds is 5. The van der Waals surface area contributed by atoms with Crippen LogP contribution in [0.1, 0.15) is 40.2 Å². The summed E-state index contributed by atoms with van der Waals surface area (Å²) in [6, 6.07) is 8.99. The van der Waals surface area contributed by atoms with Crippen LogP contribution in [-0.4, -0.2) is 24.5 Å². The molecule has 30 heavy (non-hydrogen) atoms. The fourth-order valence-electron chi connectivity index (χ4n) is 3.43. The molecule has 4 rings (SSSR count). The first-order valence-corrected chi connectivity index (χ1v) is 11.3. The number of hydrogen-bond donors (Lipinski definition) is 2. The molecule has 0 bridgehead atoms. The van der Waals surface area contributed by atoms with Crippen LogP contribution in [0.3, 0.4) is 0 Å². The van der Waals surface area contributed by atoms with Gasteiger partial charge in [-0.3, -0.25) is 10.1 Å². The molecule has 0 saturated heterocycles. The topological polar surface area (TPSA) is 115 Å². The number of hydrogen-bond acceptors (Lipinski definition) is 6. The quantitative estimate of drug-likeness (QED) is 0.620. The highest BCUT2D eigenvalue weighted by molar-refractivity contribution is 7.89. The summed E-state index contributed by atoms with van der Waals surface area (Å²) in [7, 11) is -4.10. The van der Waals surface area contributed by atoms with Crippen molar-refractivity contribution in [3.05, 3.63) is 70.2 Å². The van der Waals surface area contributed by atoms with E-state index >= 15 is 0 Å². The number of carbonyl (C=O) groups is 1. The number of sulfonamides is 1. The van der Waals surface area contributed by atoms with Gasteiger partial charge in [-0.15, -0.1) is 10.2 Å². The van der Waals surface area contributed by atoms with Gasteiger partial charge in [0.25, 0.3) is 5.91 Å². The first-order valence-electron chi connectivity index (χ1n) is 8.93. The van der Waals surface area contributed by atoms with Gasteiger partial charge in [-0.1, -0.05) is 29.9 Å². The van der Waals surface area contributed by atoms with Gasteiger partial charge in [0.1, 0.15) is 16.6 Å². The number of amides is 1. The minimum absolute atomic E-state index is 0.123. The van der Waals surface area contributed by atoms with Crippen molar-refractivity contribution >= 4 is 32.4 Å². The van der Waals surface area contributed by atoms with Crippen molar-refractivity contribution in [2.75, 3.05) is 5.32 Å².